The van der Waals surface area contributed by atoms with Crippen LogP contribution in [0.3, 0.4) is 0 Å². The summed E-state index contributed by atoms with van der Waals surface area (Å²) in [6.07, 6.45) is 0.786. The zero-order chi connectivity index (χ0) is 35.6. The molecule has 0 saturated heterocycles. The van der Waals surface area contributed by atoms with Gasteiger partial charge in [0.15, 0.2) is 11.5 Å². The van der Waals surface area contributed by atoms with Gasteiger partial charge < -0.3 is 24.4 Å². The maximum absolute atomic E-state index is 14.6. The maximum Gasteiger partial charge on any atom is 0.265 e. The molecule has 0 aliphatic rings. The van der Waals surface area contributed by atoms with Gasteiger partial charge in [0.25, 0.3) is 10.0 Å². The molecule has 0 aliphatic carbocycles. The van der Waals surface area contributed by atoms with E-state index in [2.05, 4.69) is 5.32 Å². The molecule has 0 bridgehead atoms. The minimum absolute atomic E-state index is 0.00471. The first-order valence-corrected chi connectivity index (χ1v) is 17.3. The Morgan fingerprint density at radius 2 is 1.49 bits per heavy atom. The smallest absolute Gasteiger partial charge is 0.265 e. The zero-order valence-electron chi connectivity index (χ0n) is 27.7. The molecule has 4 rings (SSSR count). The summed E-state index contributed by atoms with van der Waals surface area (Å²) < 4.78 is 60.0. The van der Waals surface area contributed by atoms with E-state index in [0.29, 0.717) is 24.3 Å². The van der Waals surface area contributed by atoms with E-state index >= 15 is 0 Å². The lowest BCUT2D eigenvalue weighted by Gasteiger charge is -2.34. The van der Waals surface area contributed by atoms with Crippen molar-refractivity contribution >= 4 is 39.1 Å². The van der Waals surface area contributed by atoms with Gasteiger partial charge in [-0.2, -0.15) is 0 Å². The Labute approximate surface area is 291 Å². The van der Waals surface area contributed by atoms with Crippen molar-refractivity contribution in [1.29, 1.82) is 0 Å². The van der Waals surface area contributed by atoms with Crippen molar-refractivity contribution < 1.29 is 36.6 Å². The number of nitrogens with one attached hydrogen (secondary N) is 1. The van der Waals surface area contributed by atoms with Crippen molar-refractivity contribution in [2.45, 2.75) is 37.2 Å². The van der Waals surface area contributed by atoms with E-state index in [0.717, 1.165) is 9.87 Å². The van der Waals surface area contributed by atoms with Gasteiger partial charge >= 0.3 is 0 Å². The Morgan fingerprint density at radius 3 is 2.12 bits per heavy atom. The van der Waals surface area contributed by atoms with E-state index in [4.69, 9.17) is 25.8 Å². The van der Waals surface area contributed by atoms with E-state index < -0.39 is 40.2 Å². The van der Waals surface area contributed by atoms with Crippen molar-refractivity contribution in [3.05, 3.63) is 113 Å². The second kappa shape index (κ2) is 17.0. The van der Waals surface area contributed by atoms with Gasteiger partial charge in [-0.1, -0.05) is 61.0 Å². The summed E-state index contributed by atoms with van der Waals surface area (Å²) >= 11 is 6.36. The number of anilines is 1. The fraction of sp³-hybridized carbons (Fsp3) is 0.278. The summed E-state index contributed by atoms with van der Waals surface area (Å²) in [6.45, 7) is 1.40. The highest BCUT2D eigenvalue weighted by atomic mass is 35.5. The number of ether oxygens (including phenoxy) is 3. The molecular weight excluding hydrogens is 673 g/mol. The fourth-order valence-corrected chi connectivity index (χ4v) is 6.78. The average molecular weight is 712 g/mol. The second-order valence-corrected chi connectivity index (χ2v) is 13.3. The number of benzene rings is 4. The number of halogens is 2. The molecule has 13 heteroatoms. The van der Waals surface area contributed by atoms with Crippen LogP contribution in [-0.4, -0.2) is 65.6 Å². The predicted molar refractivity (Wildman–Crippen MR) is 186 cm³/mol. The first-order chi connectivity index (χ1) is 23.5. The Balaban J connectivity index is 1.87. The topological polar surface area (TPSA) is 114 Å². The molecule has 4 aromatic rings. The molecule has 0 fully saturated rings. The summed E-state index contributed by atoms with van der Waals surface area (Å²) in [5.74, 6) is -1.01. The van der Waals surface area contributed by atoms with Crippen LogP contribution < -0.4 is 23.8 Å². The van der Waals surface area contributed by atoms with E-state index in [1.807, 2.05) is 37.3 Å². The molecule has 0 radical (unpaired) electrons. The predicted octanol–water partition coefficient (Wildman–Crippen LogP) is 5.87. The Bertz CT molecular complexity index is 1840. The summed E-state index contributed by atoms with van der Waals surface area (Å²) in [7, 11) is -0.363. The molecule has 1 atom stereocenters. The number of rotatable bonds is 16. The molecule has 0 aromatic heterocycles. The third kappa shape index (κ3) is 9.21. The molecule has 4 aromatic carbocycles. The lowest BCUT2D eigenvalue weighted by molar-refractivity contribution is -0.140. The summed E-state index contributed by atoms with van der Waals surface area (Å²) in [6, 6.07) is 22.1. The summed E-state index contributed by atoms with van der Waals surface area (Å²) in [5.41, 5.74) is 1.31. The van der Waals surface area contributed by atoms with Crippen LogP contribution in [0.25, 0.3) is 0 Å². The second-order valence-electron chi connectivity index (χ2n) is 11.0. The number of carbonyl (C=O) groups excluding carboxylic acids is 2. The molecule has 0 heterocycles. The lowest BCUT2D eigenvalue weighted by Crippen LogP contribution is -2.53. The number of carbonyl (C=O) groups is 2. The SMILES string of the molecule is CCCNC(=O)[C@H](Cc1ccccc1)N(Cc1ccc(F)cc1)C(=O)CN(c1cc(Cl)ccc1OC)S(=O)(=O)c1ccc(OC)c(OC)c1. The number of amides is 2. The van der Waals surface area contributed by atoms with Gasteiger partial charge in [-0.15, -0.1) is 0 Å². The third-order valence-electron chi connectivity index (χ3n) is 7.72. The molecule has 0 spiro atoms. The van der Waals surface area contributed by atoms with Crippen molar-refractivity contribution in [1.82, 2.24) is 10.2 Å². The molecule has 0 unspecified atom stereocenters. The van der Waals surface area contributed by atoms with Gasteiger partial charge in [0, 0.05) is 30.6 Å². The number of hydrogen-bond donors (Lipinski definition) is 1. The highest BCUT2D eigenvalue weighted by Crippen LogP contribution is 2.37. The standard InChI is InChI=1S/C36H39ClFN3O7S/c1-5-19-39-36(43)31(20-25-9-7-6-8-10-25)40(23-26-11-14-28(38)15-12-26)35(42)24-41(30-21-27(37)13-17-32(30)46-2)49(44,45)29-16-18-33(47-3)34(22-29)48-4/h6-18,21-22,31H,5,19-20,23-24H2,1-4H3,(H,39,43)/t31-/m0/s1. The van der Waals surface area contributed by atoms with Gasteiger partial charge in [0.2, 0.25) is 11.8 Å². The van der Waals surface area contributed by atoms with E-state index in [9.17, 15) is 22.4 Å². The van der Waals surface area contributed by atoms with Crippen LogP contribution in [0.15, 0.2) is 95.9 Å². The quantitative estimate of drug-likeness (QED) is 0.155. The van der Waals surface area contributed by atoms with E-state index in [1.54, 1.807) is 0 Å². The van der Waals surface area contributed by atoms with Gasteiger partial charge in [-0.3, -0.25) is 13.9 Å². The molecule has 1 N–H and O–H groups in total. The Kier molecular flexibility index (Phi) is 12.9. The number of nitrogens with zero attached hydrogens (tertiary/aromatic N) is 2. The van der Waals surface area contributed by atoms with Crippen LogP contribution in [0.1, 0.15) is 24.5 Å². The lowest BCUT2D eigenvalue weighted by atomic mass is 10.0. The highest BCUT2D eigenvalue weighted by Gasteiger charge is 2.36. The van der Waals surface area contributed by atoms with Crippen LogP contribution in [-0.2, 0) is 32.6 Å². The number of hydrogen-bond acceptors (Lipinski definition) is 7. The molecule has 0 saturated carbocycles. The van der Waals surface area contributed by atoms with Crippen molar-refractivity contribution in [2.24, 2.45) is 0 Å². The van der Waals surface area contributed by atoms with E-state index in [-0.39, 0.29) is 40.1 Å². The molecule has 260 valence electrons. The van der Waals surface area contributed by atoms with Crippen LogP contribution in [0, 0.1) is 5.82 Å². The van der Waals surface area contributed by atoms with Gasteiger partial charge in [0.1, 0.15) is 24.2 Å². The summed E-state index contributed by atoms with van der Waals surface area (Å²) in [4.78, 5) is 29.5. The minimum atomic E-state index is -4.53. The highest BCUT2D eigenvalue weighted by molar-refractivity contribution is 7.92. The molecule has 49 heavy (non-hydrogen) atoms. The molecule has 10 nitrogen and oxygen atoms in total. The molecule has 0 aliphatic heterocycles. The van der Waals surface area contributed by atoms with Crippen LogP contribution in [0.5, 0.6) is 17.2 Å². The Hall–Kier alpha value is -4.81. The van der Waals surface area contributed by atoms with Crippen LogP contribution >= 0.6 is 11.6 Å². The Morgan fingerprint density at radius 1 is 0.837 bits per heavy atom. The first-order valence-electron chi connectivity index (χ1n) is 15.5. The minimum Gasteiger partial charge on any atom is -0.495 e. The third-order valence-corrected chi connectivity index (χ3v) is 9.71. The molecular formula is C36H39ClFN3O7S. The fourth-order valence-electron chi connectivity index (χ4n) is 5.18. The largest absolute Gasteiger partial charge is 0.495 e. The van der Waals surface area contributed by atoms with Crippen molar-refractivity contribution in [3.8, 4) is 17.2 Å². The van der Waals surface area contributed by atoms with Gasteiger partial charge in [-0.05, 0) is 60.0 Å². The van der Waals surface area contributed by atoms with Crippen LogP contribution in [0.4, 0.5) is 10.1 Å². The maximum atomic E-state index is 14.6. The number of sulfonamides is 1. The number of methoxy groups -OCH3 is 3. The van der Waals surface area contributed by atoms with E-state index in [1.165, 1.54) is 86.9 Å². The van der Waals surface area contributed by atoms with Gasteiger partial charge in [0.05, 0.1) is 31.9 Å². The average Bonchev–Trinajstić information content (AvgIpc) is 3.11. The first kappa shape index (κ1) is 37.0. The summed E-state index contributed by atoms with van der Waals surface area (Å²) in [5, 5.41) is 3.08. The normalized spacial score (nSPS) is 11.7. The van der Waals surface area contributed by atoms with Crippen molar-refractivity contribution in [2.75, 3.05) is 38.7 Å². The molecule has 2 amide bonds. The van der Waals surface area contributed by atoms with Crippen molar-refractivity contribution in [3.63, 3.8) is 0 Å². The van der Waals surface area contributed by atoms with Gasteiger partial charge in [-0.25, -0.2) is 12.8 Å². The zero-order valence-corrected chi connectivity index (χ0v) is 29.3. The van der Waals surface area contributed by atoms with Crippen LogP contribution in [0.2, 0.25) is 5.02 Å². The monoisotopic (exact) mass is 711 g/mol.